The number of hydrogen-bond donors (Lipinski definition) is 2. The Balaban J connectivity index is 2.19. The van der Waals surface area contributed by atoms with Gasteiger partial charge in [0, 0.05) is 17.3 Å². The van der Waals surface area contributed by atoms with Gasteiger partial charge in [0.15, 0.2) is 0 Å². The van der Waals surface area contributed by atoms with Gasteiger partial charge >= 0.3 is 0 Å². The summed E-state index contributed by atoms with van der Waals surface area (Å²) in [6.45, 7) is 3.04. The Morgan fingerprint density at radius 3 is 3.07 bits per heavy atom. The molecule has 0 aliphatic carbocycles. The molecule has 1 aromatic rings. The van der Waals surface area contributed by atoms with Crippen molar-refractivity contribution in [2.75, 3.05) is 13.3 Å². The van der Waals surface area contributed by atoms with Crippen LogP contribution in [0.2, 0.25) is 0 Å². The van der Waals surface area contributed by atoms with Crippen LogP contribution in [-0.2, 0) is 4.74 Å². The number of halogens is 1. The summed E-state index contributed by atoms with van der Waals surface area (Å²) in [4.78, 5) is 14.3. The summed E-state index contributed by atoms with van der Waals surface area (Å²) in [5.74, 6) is -0.155. The number of aromatic amines is 1. The van der Waals surface area contributed by atoms with Crippen molar-refractivity contribution in [1.82, 2.24) is 10.3 Å². The van der Waals surface area contributed by atoms with E-state index in [2.05, 4.69) is 33.2 Å². The number of ether oxygens (including phenoxy) is 1. The Labute approximate surface area is 97.5 Å². The third kappa shape index (κ3) is 4.48. The van der Waals surface area contributed by atoms with Crippen molar-refractivity contribution in [3.05, 3.63) is 22.4 Å². The summed E-state index contributed by atoms with van der Waals surface area (Å²) >= 11 is 3.26. The molecule has 1 aromatic heterocycles. The molecule has 0 saturated carbocycles. The summed E-state index contributed by atoms with van der Waals surface area (Å²) in [5.41, 5.74) is 0.529. The van der Waals surface area contributed by atoms with Gasteiger partial charge in [-0.25, -0.2) is 0 Å². The molecule has 1 amide bonds. The van der Waals surface area contributed by atoms with Crippen LogP contribution in [0.15, 0.2) is 16.7 Å². The minimum Gasteiger partial charge on any atom is -0.361 e. The lowest BCUT2D eigenvalue weighted by Gasteiger charge is -2.04. The molecule has 0 aromatic carbocycles. The second kappa shape index (κ2) is 6.63. The highest BCUT2D eigenvalue weighted by Crippen LogP contribution is 2.09. The average Bonchev–Trinajstić information content (AvgIpc) is 2.64. The number of nitrogens with one attached hydrogen (secondary N) is 2. The highest BCUT2D eigenvalue weighted by Gasteiger charge is 2.06. The van der Waals surface area contributed by atoms with Crippen LogP contribution in [0.25, 0.3) is 0 Å². The maximum absolute atomic E-state index is 11.4. The first kappa shape index (κ1) is 12.3. The molecule has 2 N–H and O–H groups in total. The van der Waals surface area contributed by atoms with Gasteiger partial charge in [0.2, 0.25) is 0 Å². The summed E-state index contributed by atoms with van der Waals surface area (Å²) in [7, 11) is 0. The second-order valence-corrected chi connectivity index (χ2v) is 4.06. The van der Waals surface area contributed by atoms with Crippen molar-refractivity contribution in [2.24, 2.45) is 0 Å². The quantitative estimate of drug-likeness (QED) is 0.618. The SMILES string of the molecule is CCCCOCNC(=O)c1cc(Br)c[nH]1. The predicted molar refractivity (Wildman–Crippen MR) is 61.7 cm³/mol. The van der Waals surface area contributed by atoms with Gasteiger partial charge in [-0.1, -0.05) is 13.3 Å². The maximum atomic E-state index is 11.4. The largest absolute Gasteiger partial charge is 0.361 e. The topological polar surface area (TPSA) is 54.1 Å². The zero-order valence-corrected chi connectivity index (χ0v) is 10.3. The van der Waals surface area contributed by atoms with Crippen molar-refractivity contribution in [3.63, 3.8) is 0 Å². The van der Waals surface area contributed by atoms with E-state index in [-0.39, 0.29) is 12.6 Å². The van der Waals surface area contributed by atoms with E-state index in [9.17, 15) is 4.79 Å². The molecule has 0 aliphatic rings. The highest BCUT2D eigenvalue weighted by atomic mass is 79.9. The third-order valence-corrected chi connectivity index (χ3v) is 2.33. The van der Waals surface area contributed by atoms with E-state index < -0.39 is 0 Å². The third-order valence-electron chi connectivity index (χ3n) is 1.87. The molecule has 1 rings (SSSR count). The lowest BCUT2D eigenvalue weighted by Crippen LogP contribution is -2.26. The Bertz CT molecular complexity index is 312. The van der Waals surface area contributed by atoms with Crippen molar-refractivity contribution in [2.45, 2.75) is 19.8 Å². The minimum absolute atomic E-state index is 0.155. The van der Waals surface area contributed by atoms with Gasteiger partial charge in [0.1, 0.15) is 12.4 Å². The second-order valence-electron chi connectivity index (χ2n) is 3.14. The first-order valence-corrected chi connectivity index (χ1v) is 5.73. The van der Waals surface area contributed by atoms with E-state index in [0.717, 1.165) is 17.3 Å². The van der Waals surface area contributed by atoms with Gasteiger partial charge in [0.05, 0.1) is 0 Å². The molecule has 15 heavy (non-hydrogen) atoms. The Morgan fingerprint density at radius 1 is 1.67 bits per heavy atom. The maximum Gasteiger partial charge on any atom is 0.269 e. The van der Waals surface area contributed by atoms with Crippen molar-refractivity contribution >= 4 is 21.8 Å². The Hall–Kier alpha value is -0.810. The smallest absolute Gasteiger partial charge is 0.269 e. The number of H-pyrrole nitrogens is 1. The van der Waals surface area contributed by atoms with Crippen LogP contribution in [-0.4, -0.2) is 24.2 Å². The zero-order valence-electron chi connectivity index (χ0n) is 8.68. The van der Waals surface area contributed by atoms with Gasteiger partial charge in [-0.3, -0.25) is 4.79 Å². The van der Waals surface area contributed by atoms with E-state index in [1.54, 1.807) is 12.3 Å². The normalized spacial score (nSPS) is 10.3. The van der Waals surface area contributed by atoms with E-state index in [4.69, 9.17) is 4.74 Å². The van der Waals surface area contributed by atoms with E-state index >= 15 is 0 Å². The molecule has 5 heteroatoms. The van der Waals surface area contributed by atoms with Crippen LogP contribution >= 0.6 is 15.9 Å². The van der Waals surface area contributed by atoms with Gasteiger partial charge in [0.25, 0.3) is 5.91 Å². The number of carbonyl (C=O) groups is 1. The number of unbranched alkanes of at least 4 members (excludes halogenated alkanes) is 1. The first-order valence-electron chi connectivity index (χ1n) is 4.94. The lowest BCUT2D eigenvalue weighted by atomic mass is 10.4. The Kier molecular flexibility index (Phi) is 5.42. The fourth-order valence-electron chi connectivity index (χ4n) is 1.03. The fraction of sp³-hybridized carbons (Fsp3) is 0.500. The van der Waals surface area contributed by atoms with Crippen molar-refractivity contribution in [3.8, 4) is 0 Å². The van der Waals surface area contributed by atoms with E-state index in [1.165, 1.54) is 0 Å². The molecule has 0 radical (unpaired) electrons. The molecule has 0 bridgehead atoms. The van der Waals surface area contributed by atoms with E-state index in [1.807, 2.05) is 0 Å². The summed E-state index contributed by atoms with van der Waals surface area (Å²) in [6.07, 6.45) is 3.83. The molecule has 0 aliphatic heterocycles. The van der Waals surface area contributed by atoms with Gasteiger partial charge < -0.3 is 15.0 Å². The molecule has 0 spiro atoms. The molecular weight excluding hydrogens is 260 g/mol. The number of amides is 1. The molecule has 0 atom stereocenters. The van der Waals surface area contributed by atoms with Crippen molar-refractivity contribution in [1.29, 1.82) is 0 Å². The van der Waals surface area contributed by atoms with Crippen LogP contribution in [0.5, 0.6) is 0 Å². The van der Waals surface area contributed by atoms with Crippen LogP contribution in [0.4, 0.5) is 0 Å². The number of carbonyl (C=O) groups excluding carboxylic acids is 1. The molecule has 0 unspecified atom stereocenters. The van der Waals surface area contributed by atoms with Crippen LogP contribution in [0, 0.1) is 0 Å². The van der Waals surface area contributed by atoms with Crippen LogP contribution < -0.4 is 5.32 Å². The summed E-state index contributed by atoms with van der Waals surface area (Å²) < 4.78 is 6.08. The first-order chi connectivity index (χ1) is 7.24. The summed E-state index contributed by atoms with van der Waals surface area (Å²) in [5, 5.41) is 2.66. The summed E-state index contributed by atoms with van der Waals surface area (Å²) in [6, 6.07) is 1.72. The molecule has 0 saturated heterocycles. The highest BCUT2D eigenvalue weighted by molar-refractivity contribution is 9.10. The minimum atomic E-state index is -0.155. The lowest BCUT2D eigenvalue weighted by molar-refractivity contribution is 0.0782. The molecule has 0 fully saturated rings. The number of rotatable bonds is 6. The fourth-order valence-corrected chi connectivity index (χ4v) is 1.37. The van der Waals surface area contributed by atoms with Crippen LogP contribution in [0.3, 0.4) is 0 Å². The zero-order chi connectivity index (χ0) is 11.1. The molecule has 1 heterocycles. The van der Waals surface area contributed by atoms with Gasteiger partial charge in [-0.2, -0.15) is 0 Å². The van der Waals surface area contributed by atoms with E-state index in [0.29, 0.717) is 12.3 Å². The monoisotopic (exact) mass is 274 g/mol. The van der Waals surface area contributed by atoms with Gasteiger partial charge in [-0.15, -0.1) is 0 Å². The molecule has 4 nitrogen and oxygen atoms in total. The molecular formula is C10H15BrN2O2. The predicted octanol–water partition coefficient (Wildman–Crippen LogP) is 2.28. The number of aromatic nitrogens is 1. The number of hydrogen-bond acceptors (Lipinski definition) is 2. The van der Waals surface area contributed by atoms with Crippen LogP contribution in [0.1, 0.15) is 30.3 Å². The van der Waals surface area contributed by atoms with Crippen molar-refractivity contribution < 1.29 is 9.53 Å². The average molecular weight is 275 g/mol. The standard InChI is InChI=1S/C10H15BrN2O2/c1-2-3-4-15-7-13-10(14)9-5-8(11)6-12-9/h5-6,12H,2-4,7H2,1H3,(H,13,14). The molecule has 84 valence electrons. The van der Waals surface area contributed by atoms with Gasteiger partial charge in [-0.05, 0) is 28.4 Å². The Morgan fingerprint density at radius 2 is 2.47 bits per heavy atom.